The molecule has 5 rings (SSSR count). The summed E-state index contributed by atoms with van der Waals surface area (Å²) in [6.45, 7) is 0. The maximum absolute atomic E-state index is 12.5. The Morgan fingerprint density at radius 3 is 1.62 bits per heavy atom. The number of fused-ring (bicyclic) bond motifs is 2. The van der Waals surface area contributed by atoms with Gasteiger partial charge in [-0.05, 0) is 53.8 Å². The molecule has 1 saturated heterocycles. The molecule has 32 heavy (non-hydrogen) atoms. The fourth-order valence-corrected chi connectivity index (χ4v) is 5.95. The molecular weight excluding hydrogens is 398 g/mol. The first-order chi connectivity index (χ1) is 15.6. The molecule has 2 bridgehead atoms. The number of aliphatic hydroxyl groups is 1. The van der Waals surface area contributed by atoms with Gasteiger partial charge in [0.25, 0.3) is 0 Å². The van der Waals surface area contributed by atoms with Crippen molar-refractivity contribution in [3.63, 3.8) is 0 Å². The maximum atomic E-state index is 12.5. The Bertz CT molecular complexity index is 971. The molecule has 0 aromatic heterocycles. The summed E-state index contributed by atoms with van der Waals surface area (Å²) in [5, 5.41) is 16.4. The van der Waals surface area contributed by atoms with E-state index in [1.165, 1.54) is 11.1 Å². The van der Waals surface area contributed by atoms with Crippen LogP contribution in [0.4, 0.5) is 0 Å². The van der Waals surface area contributed by atoms with Crippen molar-refractivity contribution in [1.82, 2.24) is 5.32 Å². The molecule has 5 atom stereocenters. The molecule has 1 aliphatic carbocycles. The summed E-state index contributed by atoms with van der Waals surface area (Å²) >= 11 is 0. The van der Waals surface area contributed by atoms with E-state index in [9.17, 15) is 5.11 Å². The molecular formula is C28H31NO3. The first-order valence-corrected chi connectivity index (χ1v) is 11.5. The number of piperidine rings is 1. The summed E-state index contributed by atoms with van der Waals surface area (Å²) in [6.07, 6.45) is 3.09. The first-order valence-electron chi connectivity index (χ1n) is 11.5. The van der Waals surface area contributed by atoms with E-state index in [1.54, 1.807) is 14.2 Å². The summed E-state index contributed by atoms with van der Waals surface area (Å²) < 4.78 is 10.8. The molecule has 2 N–H and O–H groups in total. The molecule has 4 nitrogen and oxygen atoms in total. The van der Waals surface area contributed by atoms with E-state index in [0.29, 0.717) is 0 Å². The van der Waals surface area contributed by atoms with Crippen LogP contribution in [0.25, 0.3) is 0 Å². The number of methoxy groups -OCH3 is 2. The molecule has 2 aliphatic rings. The van der Waals surface area contributed by atoms with Crippen LogP contribution in [0, 0.1) is 11.8 Å². The first kappa shape index (κ1) is 21.0. The molecule has 4 heteroatoms. The zero-order chi connectivity index (χ0) is 22.1. The second kappa shape index (κ2) is 8.61. The van der Waals surface area contributed by atoms with E-state index in [2.05, 4.69) is 41.7 Å². The third-order valence-corrected chi connectivity index (χ3v) is 7.51. The Kier molecular flexibility index (Phi) is 5.66. The highest BCUT2D eigenvalue weighted by Crippen LogP contribution is 2.58. The molecule has 0 radical (unpaired) electrons. The van der Waals surface area contributed by atoms with Crippen molar-refractivity contribution in [2.24, 2.45) is 11.8 Å². The third kappa shape index (κ3) is 3.48. The molecule has 0 amide bonds. The van der Waals surface area contributed by atoms with Crippen LogP contribution in [-0.2, 0) is 5.60 Å². The van der Waals surface area contributed by atoms with Crippen LogP contribution in [0.3, 0.4) is 0 Å². The standard InChI is InChI=1S/C28H31NO3/c1-31-22-15-11-19(12-16-22)26-24-9-6-10-25(28(24,30)21-7-4-3-5-8-21)27(29-26)20-13-17-23(32-2)18-14-20/h3-5,7-8,11-18,24-27,29-30H,6,9-10H2,1-2H3/t24-,25+,26+,27-,28?. The van der Waals surface area contributed by atoms with Gasteiger partial charge in [-0.25, -0.2) is 0 Å². The van der Waals surface area contributed by atoms with Gasteiger partial charge >= 0.3 is 0 Å². The largest absolute Gasteiger partial charge is 0.497 e. The van der Waals surface area contributed by atoms with Crippen LogP contribution in [-0.4, -0.2) is 19.3 Å². The minimum atomic E-state index is -0.903. The monoisotopic (exact) mass is 429 g/mol. The fraction of sp³-hybridized carbons (Fsp3) is 0.357. The van der Waals surface area contributed by atoms with Crippen LogP contribution in [0.2, 0.25) is 0 Å². The highest BCUT2D eigenvalue weighted by Gasteiger charge is 2.57. The van der Waals surface area contributed by atoms with E-state index in [-0.39, 0.29) is 23.9 Å². The second-order valence-electron chi connectivity index (χ2n) is 9.00. The average Bonchev–Trinajstić information content (AvgIpc) is 2.85. The summed E-state index contributed by atoms with van der Waals surface area (Å²) in [7, 11) is 3.38. The molecule has 1 saturated carbocycles. The lowest BCUT2D eigenvalue weighted by Crippen LogP contribution is -2.59. The number of rotatable bonds is 5. The summed E-state index contributed by atoms with van der Waals surface area (Å²) in [5.41, 5.74) is 2.49. The minimum absolute atomic E-state index is 0.0368. The summed E-state index contributed by atoms with van der Waals surface area (Å²) in [4.78, 5) is 0. The van der Waals surface area contributed by atoms with Gasteiger partial charge in [-0.2, -0.15) is 0 Å². The average molecular weight is 430 g/mol. The SMILES string of the molecule is COc1ccc([C@H]2N[C@@H](c3ccc(OC)cc3)[C@H]3CCC[C@@H]2C3(O)c2ccccc2)cc1. The highest BCUT2D eigenvalue weighted by atomic mass is 16.5. The van der Waals surface area contributed by atoms with Crippen molar-refractivity contribution in [3.8, 4) is 11.5 Å². The minimum Gasteiger partial charge on any atom is -0.497 e. The molecule has 0 spiro atoms. The van der Waals surface area contributed by atoms with Crippen molar-refractivity contribution >= 4 is 0 Å². The second-order valence-corrected chi connectivity index (χ2v) is 9.00. The zero-order valence-electron chi connectivity index (χ0n) is 18.7. The Morgan fingerprint density at radius 2 is 1.19 bits per heavy atom. The number of hydrogen-bond donors (Lipinski definition) is 2. The van der Waals surface area contributed by atoms with Crippen molar-refractivity contribution in [2.45, 2.75) is 36.9 Å². The van der Waals surface area contributed by atoms with E-state index in [0.717, 1.165) is 36.3 Å². The quantitative estimate of drug-likeness (QED) is 0.571. The Labute approximate surface area is 190 Å². The van der Waals surface area contributed by atoms with Crippen LogP contribution in [0.15, 0.2) is 78.9 Å². The van der Waals surface area contributed by atoms with Gasteiger partial charge in [0, 0.05) is 23.9 Å². The topological polar surface area (TPSA) is 50.7 Å². The fourth-order valence-electron chi connectivity index (χ4n) is 5.95. The van der Waals surface area contributed by atoms with Crippen molar-refractivity contribution in [1.29, 1.82) is 0 Å². The van der Waals surface area contributed by atoms with Crippen LogP contribution < -0.4 is 14.8 Å². The molecule has 3 aromatic rings. The number of hydrogen-bond acceptors (Lipinski definition) is 4. The van der Waals surface area contributed by atoms with Crippen molar-refractivity contribution in [2.75, 3.05) is 14.2 Å². The summed E-state index contributed by atoms with van der Waals surface area (Å²) in [5.74, 6) is 1.87. The van der Waals surface area contributed by atoms with Crippen molar-refractivity contribution in [3.05, 3.63) is 95.6 Å². The molecule has 1 unspecified atom stereocenters. The van der Waals surface area contributed by atoms with Gasteiger partial charge in [-0.15, -0.1) is 0 Å². The van der Waals surface area contributed by atoms with Gasteiger partial charge in [-0.3, -0.25) is 0 Å². The highest BCUT2D eigenvalue weighted by molar-refractivity contribution is 5.37. The molecule has 166 valence electrons. The maximum Gasteiger partial charge on any atom is 0.118 e. The van der Waals surface area contributed by atoms with Gasteiger partial charge in [0.1, 0.15) is 11.5 Å². The van der Waals surface area contributed by atoms with Gasteiger partial charge in [0.15, 0.2) is 0 Å². The summed E-state index contributed by atoms with van der Waals surface area (Å²) in [6, 6.07) is 26.9. The zero-order valence-corrected chi connectivity index (χ0v) is 18.7. The lowest BCUT2D eigenvalue weighted by atomic mass is 9.56. The van der Waals surface area contributed by atoms with Crippen LogP contribution >= 0.6 is 0 Å². The lowest BCUT2D eigenvalue weighted by Gasteiger charge is -2.57. The molecule has 3 aromatic carbocycles. The predicted molar refractivity (Wildman–Crippen MR) is 126 cm³/mol. The number of ether oxygens (including phenoxy) is 2. The van der Waals surface area contributed by atoms with Gasteiger partial charge < -0.3 is 19.9 Å². The smallest absolute Gasteiger partial charge is 0.118 e. The van der Waals surface area contributed by atoms with Gasteiger partial charge in [0.05, 0.1) is 19.8 Å². The molecule has 1 aliphatic heterocycles. The van der Waals surface area contributed by atoms with Crippen LogP contribution in [0.1, 0.15) is 48.0 Å². The van der Waals surface area contributed by atoms with Gasteiger partial charge in [0.2, 0.25) is 0 Å². The molecule has 1 heterocycles. The third-order valence-electron chi connectivity index (χ3n) is 7.51. The van der Waals surface area contributed by atoms with E-state index >= 15 is 0 Å². The number of nitrogens with one attached hydrogen (secondary N) is 1. The predicted octanol–water partition coefficient (Wildman–Crippen LogP) is 5.39. The Morgan fingerprint density at radius 1 is 0.719 bits per heavy atom. The lowest BCUT2D eigenvalue weighted by molar-refractivity contribution is -0.153. The van der Waals surface area contributed by atoms with E-state index in [1.807, 2.05) is 42.5 Å². The Balaban J connectivity index is 1.62. The normalized spacial score (nSPS) is 29.3. The number of benzene rings is 3. The Hall–Kier alpha value is -2.82. The van der Waals surface area contributed by atoms with Crippen LogP contribution in [0.5, 0.6) is 11.5 Å². The van der Waals surface area contributed by atoms with E-state index < -0.39 is 5.60 Å². The molecule has 2 fully saturated rings. The van der Waals surface area contributed by atoms with E-state index in [4.69, 9.17) is 9.47 Å². The van der Waals surface area contributed by atoms with Gasteiger partial charge in [-0.1, -0.05) is 61.0 Å². The van der Waals surface area contributed by atoms with Crippen molar-refractivity contribution < 1.29 is 14.6 Å².